The van der Waals surface area contributed by atoms with E-state index in [2.05, 4.69) is 5.10 Å². The molecule has 1 heterocycles. The minimum Gasteiger partial charge on any atom is -0.263 e. The van der Waals surface area contributed by atoms with Crippen LogP contribution in [0.25, 0.3) is 0 Å². The summed E-state index contributed by atoms with van der Waals surface area (Å²) in [5, 5.41) is 3.98. The van der Waals surface area contributed by atoms with Crippen molar-refractivity contribution in [2.75, 3.05) is 0 Å². The SMILES string of the molecule is Cc1c(SCc2ccccc2)cnn1CC(F)F. The molecular formula is C13H14F2N2S. The Morgan fingerprint density at radius 1 is 1.28 bits per heavy atom. The van der Waals surface area contributed by atoms with E-state index in [1.165, 1.54) is 10.2 Å². The van der Waals surface area contributed by atoms with Crippen LogP contribution in [-0.4, -0.2) is 16.2 Å². The van der Waals surface area contributed by atoms with Crippen LogP contribution in [0.2, 0.25) is 0 Å². The number of hydrogen-bond donors (Lipinski definition) is 0. The average Bonchev–Trinajstić information content (AvgIpc) is 2.69. The summed E-state index contributed by atoms with van der Waals surface area (Å²) in [6.45, 7) is 1.49. The number of halogens is 2. The molecule has 2 rings (SSSR count). The van der Waals surface area contributed by atoms with Gasteiger partial charge in [-0.3, -0.25) is 4.68 Å². The first-order chi connectivity index (χ1) is 8.66. The van der Waals surface area contributed by atoms with Crippen LogP contribution >= 0.6 is 11.8 Å². The predicted molar refractivity (Wildman–Crippen MR) is 69.0 cm³/mol. The first-order valence-corrected chi connectivity index (χ1v) is 6.62. The zero-order chi connectivity index (χ0) is 13.0. The van der Waals surface area contributed by atoms with E-state index < -0.39 is 6.43 Å². The molecule has 0 atom stereocenters. The molecule has 2 aromatic rings. The summed E-state index contributed by atoms with van der Waals surface area (Å²) in [6.07, 6.45) is -0.707. The van der Waals surface area contributed by atoms with Crippen LogP contribution in [0.3, 0.4) is 0 Å². The molecule has 0 aliphatic heterocycles. The van der Waals surface area contributed by atoms with E-state index in [9.17, 15) is 8.78 Å². The Morgan fingerprint density at radius 2 is 2.00 bits per heavy atom. The van der Waals surface area contributed by atoms with Gasteiger partial charge in [-0.05, 0) is 12.5 Å². The standard InChI is InChI=1S/C13H14F2N2S/c1-10-12(7-16-17(10)8-13(14)15)18-9-11-5-3-2-4-6-11/h2-7,13H,8-9H2,1H3. The van der Waals surface area contributed by atoms with Gasteiger partial charge in [-0.1, -0.05) is 30.3 Å². The van der Waals surface area contributed by atoms with Crippen molar-refractivity contribution in [3.05, 3.63) is 47.8 Å². The van der Waals surface area contributed by atoms with E-state index in [4.69, 9.17) is 0 Å². The quantitative estimate of drug-likeness (QED) is 0.769. The Hall–Kier alpha value is -1.36. The maximum absolute atomic E-state index is 12.3. The first kappa shape index (κ1) is 13.1. The number of hydrogen-bond acceptors (Lipinski definition) is 2. The molecule has 0 aliphatic rings. The molecule has 0 spiro atoms. The van der Waals surface area contributed by atoms with Gasteiger partial charge in [-0.25, -0.2) is 8.78 Å². The Labute approximate surface area is 109 Å². The van der Waals surface area contributed by atoms with Gasteiger partial charge in [0, 0.05) is 16.3 Å². The molecule has 0 amide bonds. The normalized spacial score (nSPS) is 11.1. The maximum atomic E-state index is 12.3. The Bertz CT molecular complexity index is 497. The highest BCUT2D eigenvalue weighted by Crippen LogP contribution is 2.25. The summed E-state index contributed by atoms with van der Waals surface area (Å²) in [4.78, 5) is 0.958. The molecule has 0 saturated heterocycles. The lowest BCUT2D eigenvalue weighted by atomic mass is 10.2. The van der Waals surface area contributed by atoms with Crippen LogP contribution in [0, 0.1) is 6.92 Å². The van der Waals surface area contributed by atoms with Crippen LogP contribution in [0.15, 0.2) is 41.4 Å². The molecule has 96 valence electrons. The van der Waals surface area contributed by atoms with Gasteiger partial charge in [0.1, 0.15) is 6.54 Å². The van der Waals surface area contributed by atoms with Crippen molar-refractivity contribution in [3.8, 4) is 0 Å². The van der Waals surface area contributed by atoms with Crippen molar-refractivity contribution < 1.29 is 8.78 Å². The number of nitrogens with zero attached hydrogens (tertiary/aromatic N) is 2. The van der Waals surface area contributed by atoms with E-state index in [0.29, 0.717) is 0 Å². The summed E-state index contributed by atoms with van der Waals surface area (Å²) >= 11 is 1.62. The number of thioether (sulfide) groups is 1. The molecule has 5 heteroatoms. The minimum atomic E-state index is -2.37. The maximum Gasteiger partial charge on any atom is 0.257 e. The molecule has 0 aliphatic carbocycles. The second-order valence-electron chi connectivity index (χ2n) is 3.94. The van der Waals surface area contributed by atoms with Crippen LogP contribution in [0.4, 0.5) is 8.78 Å². The molecular weight excluding hydrogens is 254 g/mol. The van der Waals surface area contributed by atoms with Crippen molar-refractivity contribution in [2.24, 2.45) is 0 Å². The highest BCUT2D eigenvalue weighted by Gasteiger charge is 2.11. The molecule has 18 heavy (non-hydrogen) atoms. The first-order valence-electron chi connectivity index (χ1n) is 5.64. The summed E-state index contributed by atoms with van der Waals surface area (Å²) in [5.41, 5.74) is 2.01. The zero-order valence-corrected chi connectivity index (χ0v) is 10.8. The van der Waals surface area contributed by atoms with Crippen LogP contribution in [0.5, 0.6) is 0 Å². The number of rotatable bonds is 5. The fourth-order valence-electron chi connectivity index (χ4n) is 1.62. The molecule has 0 radical (unpaired) electrons. The van der Waals surface area contributed by atoms with Gasteiger partial charge in [-0.2, -0.15) is 5.10 Å². The van der Waals surface area contributed by atoms with E-state index in [0.717, 1.165) is 16.3 Å². The Kier molecular flexibility index (Phi) is 4.36. The van der Waals surface area contributed by atoms with Crippen molar-refractivity contribution in [1.29, 1.82) is 0 Å². The zero-order valence-electron chi connectivity index (χ0n) is 10.0. The van der Waals surface area contributed by atoms with Gasteiger partial charge < -0.3 is 0 Å². The predicted octanol–water partition coefficient (Wildman–Crippen LogP) is 3.75. The van der Waals surface area contributed by atoms with Crippen molar-refractivity contribution >= 4 is 11.8 Å². The lowest BCUT2D eigenvalue weighted by Crippen LogP contribution is -2.09. The van der Waals surface area contributed by atoms with Crippen molar-refractivity contribution in [1.82, 2.24) is 9.78 Å². The highest BCUT2D eigenvalue weighted by atomic mass is 32.2. The van der Waals surface area contributed by atoms with Gasteiger partial charge in [0.15, 0.2) is 0 Å². The van der Waals surface area contributed by atoms with Crippen molar-refractivity contribution in [2.45, 2.75) is 30.5 Å². The summed E-state index contributed by atoms with van der Waals surface area (Å²) in [6, 6.07) is 10.0. The third kappa shape index (κ3) is 3.32. The summed E-state index contributed by atoms with van der Waals surface area (Å²) < 4.78 is 25.9. The number of benzene rings is 1. The topological polar surface area (TPSA) is 17.8 Å². The van der Waals surface area contributed by atoms with E-state index in [-0.39, 0.29) is 6.54 Å². The molecule has 2 nitrogen and oxygen atoms in total. The van der Waals surface area contributed by atoms with Gasteiger partial charge >= 0.3 is 0 Å². The molecule has 0 N–H and O–H groups in total. The van der Waals surface area contributed by atoms with Crippen LogP contribution in [-0.2, 0) is 12.3 Å². The monoisotopic (exact) mass is 268 g/mol. The van der Waals surface area contributed by atoms with E-state index in [1.807, 2.05) is 37.3 Å². The second-order valence-corrected chi connectivity index (χ2v) is 4.96. The number of alkyl halides is 2. The Balaban J connectivity index is 2.00. The van der Waals surface area contributed by atoms with Gasteiger partial charge in [-0.15, -0.1) is 11.8 Å². The third-order valence-electron chi connectivity index (χ3n) is 2.61. The fraction of sp³-hybridized carbons (Fsp3) is 0.308. The second kappa shape index (κ2) is 6.00. The highest BCUT2D eigenvalue weighted by molar-refractivity contribution is 7.98. The largest absolute Gasteiger partial charge is 0.263 e. The van der Waals surface area contributed by atoms with Gasteiger partial charge in [0.05, 0.1) is 6.20 Å². The lowest BCUT2D eigenvalue weighted by Gasteiger charge is -2.04. The van der Waals surface area contributed by atoms with Gasteiger partial charge in [0.25, 0.3) is 6.43 Å². The molecule has 0 bridgehead atoms. The lowest BCUT2D eigenvalue weighted by molar-refractivity contribution is 0.121. The van der Waals surface area contributed by atoms with E-state index >= 15 is 0 Å². The molecule has 1 aromatic carbocycles. The number of aromatic nitrogens is 2. The van der Waals surface area contributed by atoms with E-state index in [1.54, 1.807) is 18.0 Å². The average molecular weight is 268 g/mol. The minimum absolute atomic E-state index is 0.336. The van der Waals surface area contributed by atoms with Gasteiger partial charge in [0.2, 0.25) is 0 Å². The fourth-order valence-corrected chi connectivity index (χ4v) is 2.57. The summed E-state index contributed by atoms with van der Waals surface area (Å²) in [5.74, 6) is 0.821. The molecule has 1 aromatic heterocycles. The smallest absolute Gasteiger partial charge is 0.257 e. The Morgan fingerprint density at radius 3 is 2.67 bits per heavy atom. The van der Waals surface area contributed by atoms with Crippen LogP contribution < -0.4 is 0 Å². The third-order valence-corrected chi connectivity index (χ3v) is 3.80. The van der Waals surface area contributed by atoms with Crippen LogP contribution in [0.1, 0.15) is 11.3 Å². The molecule has 0 saturated carbocycles. The van der Waals surface area contributed by atoms with Crippen molar-refractivity contribution in [3.63, 3.8) is 0 Å². The molecule has 0 unspecified atom stereocenters. The molecule has 0 fully saturated rings. The summed E-state index contributed by atoms with van der Waals surface area (Å²) in [7, 11) is 0.